The van der Waals surface area contributed by atoms with Crippen LogP contribution in [0.2, 0.25) is 0 Å². The van der Waals surface area contributed by atoms with E-state index in [2.05, 4.69) is 18.7 Å². The summed E-state index contributed by atoms with van der Waals surface area (Å²) in [6.07, 6.45) is 5.60. The molecular weight excluding hydrogens is 230 g/mol. The Morgan fingerprint density at radius 2 is 2.06 bits per heavy atom. The van der Waals surface area contributed by atoms with Gasteiger partial charge in [0, 0.05) is 38.6 Å². The molecule has 0 aromatic rings. The van der Waals surface area contributed by atoms with Crippen molar-refractivity contribution in [2.24, 2.45) is 0 Å². The average molecular weight is 257 g/mol. The van der Waals surface area contributed by atoms with Crippen molar-refractivity contribution in [3.8, 4) is 0 Å². The number of aliphatic hydroxyl groups is 1. The third-order valence-corrected chi connectivity index (χ3v) is 4.05. The summed E-state index contributed by atoms with van der Waals surface area (Å²) < 4.78 is 12.0. The topological polar surface area (TPSA) is 41.9 Å². The Morgan fingerprint density at radius 1 is 1.33 bits per heavy atom. The quantitative estimate of drug-likeness (QED) is 0.787. The third-order valence-electron chi connectivity index (χ3n) is 4.05. The van der Waals surface area contributed by atoms with Gasteiger partial charge in [-0.2, -0.15) is 0 Å². The highest BCUT2D eigenvalue weighted by atomic mass is 16.7. The molecule has 1 heterocycles. The molecule has 1 saturated heterocycles. The Hall–Kier alpha value is -0.160. The minimum atomic E-state index is -0.246. The van der Waals surface area contributed by atoms with Crippen LogP contribution >= 0.6 is 0 Å². The second-order valence-electron chi connectivity index (χ2n) is 5.83. The Bertz CT molecular complexity index is 251. The molecule has 4 nitrogen and oxygen atoms in total. The number of hydrogen-bond acceptors (Lipinski definition) is 4. The van der Waals surface area contributed by atoms with Gasteiger partial charge in [0.15, 0.2) is 5.79 Å². The fraction of sp³-hybridized carbons (Fsp3) is 1.00. The molecule has 1 aliphatic carbocycles. The molecule has 1 unspecified atom stereocenters. The highest BCUT2D eigenvalue weighted by Crippen LogP contribution is 2.39. The fourth-order valence-electron chi connectivity index (χ4n) is 2.98. The lowest BCUT2D eigenvalue weighted by Gasteiger charge is -2.29. The number of aliphatic hydroxyl groups excluding tert-OH is 1. The Labute approximate surface area is 110 Å². The van der Waals surface area contributed by atoms with Gasteiger partial charge in [-0.3, -0.25) is 4.90 Å². The van der Waals surface area contributed by atoms with Crippen LogP contribution in [0, 0.1) is 0 Å². The van der Waals surface area contributed by atoms with Crippen molar-refractivity contribution < 1.29 is 14.6 Å². The zero-order chi connectivity index (χ0) is 13.0. The second-order valence-corrected chi connectivity index (χ2v) is 5.83. The van der Waals surface area contributed by atoms with Crippen LogP contribution in [0.3, 0.4) is 0 Å². The zero-order valence-electron chi connectivity index (χ0n) is 11.7. The molecule has 2 aliphatic rings. The normalized spacial score (nSPS) is 26.8. The van der Waals surface area contributed by atoms with Gasteiger partial charge in [-0.25, -0.2) is 0 Å². The van der Waals surface area contributed by atoms with Crippen LogP contribution in [0.25, 0.3) is 0 Å². The molecule has 106 valence electrons. The van der Waals surface area contributed by atoms with Gasteiger partial charge in [-0.1, -0.05) is 0 Å². The van der Waals surface area contributed by atoms with Gasteiger partial charge in [0.25, 0.3) is 0 Å². The van der Waals surface area contributed by atoms with E-state index in [1.165, 1.54) is 12.8 Å². The minimum Gasteiger partial charge on any atom is -0.396 e. The van der Waals surface area contributed by atoms with Crippen molar-refractivity contribution in [3.05, 3.63) is 0 Å². The summed E-state index contributed by atoms with van der Waals surface area (Å²) in [5.41, 5.74) is 0. The molecule has 1 spiro atoms. The van der Waals surface area contributed by atoms with Crippen LogP contribution in [0.15, 0.2) is 0 Å². The maximum atomic E-state index is 8.94. The molecule has 0 aromatic carbocycles. The van der Waals surface area contributed by atoms with Gasteiger partial charge in [0.2, 0.25) is 0 Å². The SMILES string of the molecule is CC(C)N(CCCO)CC1COC2(CCCC2)O1. The predicted octanol–water partition coefficient (Wildman–Crippen LogP) is 1.76. The minimum absolute atomic E-state index is 0.198. The van der Waals surface area contributed by atoms with E-state index in [1.807, 2.05) is 0 Å². The van der Waals surface area contributed by atoms with Crippen LogP contribution in [0.5, 0.6) is 0 Å². The maximum Gasteiger partial charge on any atom is 0.168 e. The maximum absolute atomic E-state index is 8.94. The molecule has 1 saturated carbocycles. The van der Waals surface area contributed by atoms with Crippen LogP contribution in [0.4, 0.5) is 0 Å². The highest BCUT2D eigenvalue weighted by molar-refractivity contribution is 4.85. The molecule has 4 heteroatoms. The average Bonchev–Trinajstić information content (AvgIpc) is 2.95. The van der Waals surface area contributed by atoms with E-state index in [1.54, 1.807) is 0 Å². The molecule has 1 N–H and O–H groups in total. The summed E-state index contributed by atoms with van der Waals surface area (Å²) in [4.78, 5) is 2.37. The molecule has 0 bridgehead atoms. The Morgan fingerprint density at radius 3 is 2.67 bits per heavy atom. The van der Waals surface area contributed by atoms with Crippen molar-refractivity contribution in [1.29, 1.82) is 0 Å². The van der Waals surface area contributed by atoms with Gasteiger partial charge in [-0.05, 0) is 33.1 Å². The number of rotatable bonds is 6. The monoisotopic (exact) mass is 257 g/mol. The van der Waals surface area contributed by atoms with Crippen LogP contribution in [0.1, 0.15) is 46.0 Å². The summed E-state index contributed by atoms with van der Waals surface area (Å²) in [5, 5.41) is 8.94. The van der Waals surface area contributed by atoms with E-state index in [-0.39, 0.29) is 18.5 Å². The largest absolute Gasteiger partial charge is 0.396 e. The molecular formula is C14H27NO3. The zero-order valence-corrected chi connectivity index (χ0v) is 11.7. The Balaban J connectivity index is 1.81. The molecule has 1 aliphatic heterocycles. The summed E-state index contributed by atoms with van der Waals surface area (Å²) in [7, 11) is 0. The highest BCUT2D eigenvalue weighted by Gasteiger charge is 2.43. The molecule has 2 fully saturated rings. The first kappa shape index (κ1) is 14.3. The second kappa shape index (κ2) is 6.33. The van der Waals surface area contributed by atoms with E-state index >= 15 is 0 Å². The number of ether oxygens (including phenoxy) is 2. The van der Waals surface area contributed by atoms with Crippen molar-refractivity contribution in [3.63, 3.8) is 0 Å². The van der Waals surface area contributed by atoms with Crippen molar-refractivity contribution in [2.75, 3.05) is 26.3 Å². The smallest absolute Gasteiger partial charge is 0.168 e. The molecule has 1 atom stereocenters. The third kappa shape index (κ3) is 3.44. The van der Waals surface area contributed by atoms with Gasteiger partial charge < -0.3 is 14.6 Å². The first-order valence-electron chi connectivity index (χ1n) is 7.32. The van der Waals surface area contributed by atoms with Crippen molar-refractivity contribution >= 4 is 0 Å². The molecule has 0 amide bonds. The lowest BCUT2D eigenvalue weighted by Crippen LogP contribution is -2.40. The van der Waals surface area contributed by atoms with Gasteiger partial charge in [0.05, 0.1) is 12.7 Å². The van der Waals surface area contributed by atoms with E-state index in [0.29, 0.717) is 6.04 Å². The lowest BCUT2D eigenvalue weighted by molar-refractivity contribution is -0.163. The summed E-state index contributed by atoms with van der Waals surface area (Å²) in [6.45, 7) is 7.22. The molecule has 18 heavy (non-hydrogen) atoms. The van der Waals surface area contributed by atoms with Gasteiger partial charge in [-0.15, -0.1) is 0 Å². The standard InChI is InChI=1S/C14H27NO3/c1-12(2)15(8-5-9-16)10-13-11-17-14(18-13)6-3-4-7-14/h12-13,16H,3-11H2,1-2H3. The predicted molar refractivity (Wildman–Crippen MR) is 70.4 cm³/mol. The van der Waals surface area contributed by atoms with Gasteiger partial charge in [0.1, 0.15) is 0 Å². The summed E-state index contributed by atoms with van der Waals surface area (Å²) >= 11 is 0. The van der Waals surface area contributed by atoms with E-state index in [0.717, 1.165) is 39.0 Å². The van der Waals surface area contributed by atoms with E-state index in [4.69, 9.17) is 14.6 Å². The van der Waals surface area contributed by atoms with Crippen molar-refractivity contribution in [1.82, 2.24) is 4.90 Å². The van der Waals surface area contributed by atoms with Crippen molar-refractivity contribution in [2.45, 2.75) is 63.9 Å². The molecule has 2 rings (SSSR count). The number of hydrogen-bond donors (Lipinski definition) is 1. The van der Waals surface area contributed by atoms with Crippen LogP contribution in [-0.2, 0) is 9.47 Å². The molecule has 0 aromatic heterocycles. The van der Waals surface area contributed by atoms with Crippen LogP contribution < -0.4 is 0 Å². The summed E-state index contributed by atoms with van der Waals surface area (Å²) in [5.74, 6) is -0.246. The first-order chi connectivity index (χ1) is 8.65. The lowest BCUT2D eigenvalue weighted by atomic mass is 10.2. The summed E-state index contributed by atoms with van der Waals surface area (Å²) in [6, 6.07) is 0.486. The molecule has 0 radical (unpaired) electrons. The van der Waals surface area contributed by atoms with Crippen LogP contribution in [-0.4, -0.2) is 54.2 Å². The Kier molecular flexibility index (Phi) is 5.01. The fourth-order valence-corrected chi connectivity index (χ4v) is 2.98. The van der Waals surface area contributed by atoms with E-state index in [9.17, 15) is 0 Å². The van der Waals surface area contributed by atoms with Gasteiger partial charge >= 0.3 is 0 Å². The first-order valence-corrected chi connectivity index (χ1v) is 7.32. The number of nitrogens with zero attached hydrogens (tertiary/aromatic N) is 1. The van der Waals surface area contributed by atoms with E-state index < -0.39 is 0 Å².